The normalized spacial score (nSPS) is 20.7. The van der Waals surface area contributed by atoms with Gasteiger partial charge in [-0.2, -0.15) is 0 Å². The van der Waals surface area contributed by atoms with Crippen molar-refractivity contribution >= 4 is 23.5 Å². The molecule has 0 spiro atoms. The van der Waals surface area contributed by atoms with Crippen LogP contribution >= 0.6 is 0 Å². The second kappa shape index (κ2) is 6.63. The summed E-state index contributed by atoms with van der Waals surface area (Å²) in [6.45, 7) is 3.22. The molecule has 2 atom stereocenters. The predicted molar refractivity (Wildman–Crippen MR) is 98.5 cm³/mol. The van der Waals surface area contributed by atoms with Gasteiger partial charge in [0.2, 0.25) is 5.91 Å². The molecular formula is C20H21N3O3. The van der Waals surface area contributed by atoms with E-state index in [0.717, 1.165) is 4.90 Å². The summed E-state index contributed by atoms with van der Waals surface area (Å²) in [5.41, 5.74) is 0.192. The number of carbonyl (C=O) groups excluding carboxylic acids is 3. The molecule has 6 heteroatoms. The summed E-state index contributed by atoms with van der Waals surface area (Å²) in [6.07, 6.45) is 0. The van der Waals surface area contributed by atoms with Gasteiger partial charge >= 0.3 is 6.03 Å². The monoisotopic (exact) mass is 351 g/mol. The van der Waals surface area contributed by atoms with E-state index in [0.29, 0.717) is 11.3 Å². The summed E-state index contributed by atoms with van der Waals surface area (Å²) in [5, 5.41) is 2.73. The quantitative estimate of drug-likeness (QED) is 0.861. The van der Waals surface area contributed by atoms with Gasteiger partial charge in [-0.1, -0.05) is 48.5 Å². The van der Waals surface area contributed by atoms with E-state index in [9.17, 15) is 14.4 Å². The first kappa shape index (κ1) is 17.7. The molecule has 2 aromatic carbocycles. The van der Waals surface area contributed by atoms with Crippen LogP contribution in [0.1, 0.15) is 19.4 Å². The molecule has 1 fully saturated rings. The molecule has 3 rings (SSSR count). The van der Waals surface area contributed by atoms with E-state index >= 15 is 0 Å². The van der Waals surface area contributed by atoms with Crippen LogP contribution in [0.25, 0.3) is 0 Å². The Labute approximate surface area is 152 Å². The zero-order chi connectivity index (χ0) is 18.9. The number of para-hydroxylation sites is 1. The van der Waals surface area contributed by atoms with Crippen molar-refractivity contribution in [1.82, 2.24) is 10.2 Å². The van der Waals surface area contributed by atoms with Gasteiger partial charge in [-0.3, -0.25) is 9.59 Å². The Morgan fingerprint density at radius 2 is 1.58 bits per heavy atom. The molecular weight excluding hydrogens is 330 g/mol. The third-order valence-corrected chi connectivity index (χ3v) is 4.79. The minimum Gasteiger partial charge on any atom is -0.319 e. The Bertz CT molecular complexity index is 838. The van der Waals surface area contributed by atoms with E-state index < -0.39 is 23.5 Å². The first-order valence-electron chi connectivity index (χ1n) is 8.40. The van der Waals surface area contributed by atoms with Crippen molar-refractivity contribution in [3.8, 4) is 0 Å². The average Bonchev–Trinajstić information content (AvgIpc) is 2.91. The van der Waals surface area contributed by atoms with Gasteiger partial charge < -0.3 is 10.2 Å². The van der Waals surface area contributed by atoms with E-state index in [4.69, 9.17) is 0 Å². The summed E-state index contributed by atoms with van der Waals surface area (Å²) in [4.78, 5) is 40.8. The van der Waals surface area contributed by atoms with E-state index in [1.165, 1.54) is 4.90 Å². The molecule has 0 saturated carbocycles. The smallest absolute Gasteiger partial charge is 0.319 e. The minimum atomic E-state index is -1.18. The summed E-state index contributed by atoms with van der Waals surface area (Å²) in [6, 6.07) is 16.6. The number of likely N-dealkylation sites (N-methyl/N-ethyl adjacent to an activating group) is 1. The first-order chi connectivity index (χ1) is 12.4. The standard InChI is InChI=1S/C20H21N3O3/c1-14(17(24)22(3)16-12-8-5-9-13-16)23-18(25)20(2,21-19(23)26)15-10-6-4-7-11-15/h4-14H,1-3H3,(H,21,26)/t14-,20-/m0/s1. The highest BCUT2D eigenvalue weighted by Gasteiger charge is 2.52. The van der Waals surface area contributed by atoms with Crippen LogP contribution in [0.2, 0.25) is 0 Å². The van der Waals surface area contributed by atoms with Crippen molar-refractivity contribution < 1.29 is 14.4 Å². The lowest BCUT2D eigenvalue weighted by Crippen LogP contribution is -2.49. The number of amides is 4. The fraction of sp³-hybridized carbons (Fsp3) is 0.250. The second-order valence-corrected chi connectivity index (χ2v) is 6.51. The molecule has 26 heavy (non-hydrogen) atoms. The maximum atomic E-state index is 13.0. The fourth-order valence-electron chi connectivity index (χ4n) is 3.15. The number of benzene rings is 2. The van der Waals surface area contributed by atoms with Crippen LogP contribution in [0.3, 0.4) is 0 Å². The van der Waals surface area contributed by atoms with E-state index in [1.54, 1.807) is 57.3 Å². The average molecular weight is 351 g/mol. The van der Waals surface area contributed by atoms with E-state index in [1.807, 2.05) is 24.3 Å². The Hall–Kier alpha value is -3.15. The van der Waals surface area contributed by atoms with Crippen molar-refractivity contribution in [2.24, 2.45) is 0 Å². The number of hydrogen-bond acceptors (Lipinski definition) is 3. The van der Waals surface area contributed by atoms with Gasteiger partial charge in [0.05, 0.1) is 0 Å². The number of imide groups is 1. The van der Waals surface area contributed by atoms with Crippen molar-refractivity contribution in [2.75, 3.05) is 11.9 Å². The number of nitrogens with one attached hydrogen (secondary N) is 1. The molecule has 1 aliphatic rings. The van der Waals surface area contributed by atoms with E-state index in [2.05, 4.69) is 5.32 Å². The predicted octanol–water partition coefficient (Wildman–Crippen LogP) is 2.51. The highest BCUT2D eigenvalue weighted by Crippen LogP contribution is 2.30. The van der Waals surface area contributed by atoms with Crippen molar-refractivity contribution in [3.63, 3.8) is 0 Å². The van der Waals surface area contributed by atoms with Gasteiger partial charge in [0.15, 0.2) is 0 Å². The SMILES string of the molecule is C[C@@H](C(=O)N(C)c1ccccc1)N1C(=O)N[C@@](C)(c2ccccc2)C1=O. The Balaban J connectivity index is 1.86. The van der Waals surface area contributed by atoms with Crippen LogP contribution in [0.5, 0.6) is 0 Å². The summed E-state index contributed by atoms with van der Waals surface area (Å²) in [7, 11) is 1.63. The Morgan fingerprint density at radius 3 is 2.15 bits per heavy atom. The molecule has 1 heterocycles. The highest BCUT2D eigenvalue weighted by molar-refractivity contribution is 6.11. The molecule has 2 aromatic rings. The van der Waals surface area contributed by atoms with Crippen LogP contribution in [-0.4, -0.2) is 35.8 Å². The molecule has 1 saturated heterocycles. The molecule has 0 unspecified atom stereocenters. The lowest BCUT2D eigenvalue weighted by molar-refractivity contribution is -0.136. The second-order valence-electron chi connectivity index (χ2n) is 6.51. The largest absolute Gasteiger partial charge is 0.326 e. The summed E-state index contributed by atoms with van der Waals surface area (Å²) in [5.74, 6) is -0.770. The third-order valence-electron chi connectivity index (χ3n) is 4.79. The van der Waals surface area contributed by atoms with Gasteiger partial charge in [-0.15, -0.1) is 0 Å². The number of urea groups is 1. The molecule has 0 radical (unpaired) electrons. The maximum Gasteiger partial charge on any atom is 0.326 e. The molecule has 6 nitrogen and oxygen atoms in total. The van der Waals surface area contributed by atoms with Gasteiger partial charge in [0.25, 0.3) is 5.91 Å². The van der Waals surface area contributed by atoms with Crippen LogP contribution in [-0.2, 0) is 15.1 Å². The van der Waals surface area contributed by atoms with Crippen molar-refractivity contribution in [1.29, 1.82) is 0 Å². The molecule has 1 aliphatic heterocycles. The van der Waals surface area contributed by atoms with Gasteiger partial charge in [-0.05, 0) is 31.5 Å². The number of rotatable bonds is 4. The van der Waals surface area contributed by atoms with Gasteiger partial charge in [0.1, 0.15) is 11.6 Å². The Kier molecular flexibility index (Phi) is 4.50. The van der Waals surface area contributed by atoms with Gasteiger partial charge in [-0.25, -0.2) is 9.69 Å². The minimum absolute atomic E-state index is 0.336. The zero-order valence-electron chi connectivity index (χ0n) is 15.0. The van der Waals surface area contributed by atoms with Crippen molar-refractivity contribution in [2.45, 2.75) is 25.4 Å². The molecule has 0 bridgehead atoms. The van der Waals surface area contributed by atoms with Crippen LogP contribution in [0.4, 0.5) is 10.5 Å². The first-order valence-corrected chi connectivity index (χ1v) is 8.40. The lowest BCUT2D eigenvalue weighted by atomic mass is 9.92. The maximum absolute atomic E-state index is 13.0. The third kappa shape index (κ3) is 2.83. The number of anilines is 1. The van der Waals surface area contributed by atoms with Crippen LogP contribution in [0, 0.1) is 0 Å². The van der Waals surface area contributed by atoms with Gasteiger partial charge in [0, 0.05) is 12.7 Å². The number of carbonyl (C=O) groups is 3. The zero-order valence-corrected chi connectivity index (χ0v) is 15.0. The Morgan fingerprint density at radius 1 is 1.04 bits per heavy atom. The topological polar surface area (TPSA) is 69.7 Å². The van der Waals surface area contributed by atoms with Crippen LogP contribution < -0.4 is 10.2 Å². The lowest BCUT2D eigenvalue weighted by Gasteiger charge is -2.27. The molecule has 4 amide bonds. The summed E-state index contributed by atoms with van der Waals surface area (Å²) >= 11 is 0. The fourth-order valence-corrected chi connectivity index (χ4v) is 3.15. The summed E-state index contributed by atoms with van der Waals surface area (Å²) < 4.78 is 0. The highest BCUT2D eigenvalue weighted by atomic mass is 16.2. The van der Waals surface area contributed by atoms with Crippen LogP contribution in [0.15, 0.2) is 60.7 Å². The van der Waals surface area contributed by atoms with Crippen molar-refractivity contribution in [3.05, 3.63) is 66.2 Å². The number of nitrogens with zero attached hydrogens (tertiary/aromatic N) is 2. The molecule has 1 N–H and O–H groups in total. The number of hydrogen-bond donors (Lipinski definition) is 1. The molecule has 0 aliphatic carbocycles. The molecule has 0 aromatic heterocycles. The molecule has 134 valence electrons. The van der Waals surface area contributed by atoms with E-state index in [-0.39, 0.29) is 5.91 Å².